The number of alkyl halides is 4. The Morgan fingerprint density at radius 3 is 0.741 bits per heavy atom. The fourth-order valence-electron chi connectivity index (χ4n) is 4.29. The maximum Gasteiger partial charge on any atom is 0.0288 e. The van der Waals surface area contributed by atoms with E-state index < -0.39 is 0 Å². The third-order valence-electron chi connectivity index (χ3n) is 6.32. The topological polar surface area (TPSA) is 0 Å². The van der Waals surface area contributed by atoms with Crippen molar-refractivity contribution in [3.63, 3.8) is 0 Å². The van der Waals surface area contributed by atoms with Gasteiger partial charge in [-0.05, 0) is 115 Å². The maximum atomic E-state index is 3.72. The van der Waals surface area contributed by atoms with Gasteiger partial charge < -0.3 is 0 Å². The van der Waals surface area contributed by atoms with Crippen molar-refractivity contribution in [2.45, 2.75) is 69.3 Å². The Hall–Kier alpha value is 0.360. The molecule has 0 heterocycles. The van der Waals surface area contributed by atoms with Crippen LogP contribution in [0.3, 0.4) is 0 Å². The molecular formula is C23H28Br4. The fourth-order valence-corrected chi connectivity index (χ4v) is 7.65. The van der Waals surface area contributed by atoms with Crippen LogP contribution in [0, 0.1) is 41.5 Å². The zero-order valence-electron chi connectivity index (χ0n) is 17.0. The smallest absolute Gasteiger partial charge is 0.0288 e. The first-order chi connectivity index (χ1) is 12.7. The summed E-state index contributed by atoms with van der Waals surface area (Å²) < 4.78 is 0. The van der Waals surface area contributed by atoms with E-state index in [0.29, 0.717) is 0 Å². The van der Waals surface area contributed by atoms with Gasteiger partial charge in [0.05, 0.1) is 0 Å². The SMILES string of the molecule is Cc1c(CBr)c(C)c(Cc2c(C)c(CBr)c(C)c(CBr)c2C)c(C)c1CBr. The van der Waals surface area contributed by atoms with Crippen LogP contribution in [0.4, 0.5) is 0 Å². The molecule has 0 aliphatic rings. The lowest BCUT2D eigenvalue weighted by Crippen LogP contribution is -2.10. The average Bonchev–Trinajstić information content (AvgIpc) is 2.62. The van der Waals surface area contributed by atoms with Gasteiger partial charge in [-0.2, -0.15) is 0 Å². The molecule has 0 saturated carbocycles. The molecule has 4 heteroatoms. The van der Waals surface area contributed by atoms with Crippen molar-refractivity contribution < 1.29 is 0 Å². The van der Waals surface area contributed by atoms with Gasteiger partial charge in [0, 0.05) is 21.3 Å². The molecule has 2 aromatic carbocycles. The molecule has 2 rings (SSSR count). The molecule has 0 bridgehead atoms. The number of halogens is 4. The average molecular weight is 624 g/mol. The minimum atomic E-state index is 0.906. The van der Waals surface area contributed by atoms with Crippen LogP contribution in [0.15, 0.2) is 0 Å². The third kappa shape index (κ3) is 4.29. The van der Waals surface area contributed by atoms with Gasteiger partial charge in [0.15, 0.2) is 0 Å². The summed E-state index contributed by atoms with van der Waals surface area (Å²) in [5, 5.41) is 3.62. The van der Waals surface area contributed by atoms with Crippen LogP contribution in [-0.2, 0) is 27.7 Å². The first kappa shape index (κ1) is 23.6. The quantitative estimate of drug-likeness (QED) is 0.282. The molecule has 0 amide bonds. The van der Waals surface area contributed by atoms with Gasteiger partial charge in [-0.1, -0.05) is 63.7 Å². The Bertz CT molecular complexity index is 732. The van der Waals surface area contributed by atoms with Crippen molar-refractivity contribution in [3.8, 4) is 0 Å². The Morgan fingerprint density at radius 1 is 0.370 bits per heavy atom. The van der Waals surface area contributed by atoms with Crippen molar-refractivity contribution in [1.29, 1.82) is 0 Å². The predicted octanol–water partition coefficient (Wildman–Crippen LogP) is 8.71. The predicted molar refractivity (Wildman–Crippen MR) is 135 cm³/mol. The van der Waals surface area contributed by atoms with E-state index in [0.717, 1.165) is 27.7 Å². The number of rotatable bonds is 6. The Kier molecular flexibility index (Phi) is 8.68. The highest BCUT2D eigenvalue weighted by Crippen LogP contribution is 2.36. The van der Waals surface area contributed by atoms with Crippen molar-refractivity contribution in [1.82, 2.24) is 0 Å². The Morgan fingerprint density at radius 2 is 0.556 bits per heavy atom. The molecule has 0 atom stereocenters. The van der Waals surface area contributed by atoms with Gasteiger partial charge in [0.25, 0.3) is 0 Å². The van der Waals surface area contributed by atoms with Crippen molar-refractivity contribution in [2.75, 3.05) is 0 Å². The summed E-state index contributed by atoms with van der Waals surface area (Å²) in [5.74, 6) is 0. The molecule has 0 aliphatic heterocycles. The molecule has 2 aromatic rings. The first-order valence-electron chi connectivity index (χ1n) is 9.19. The summed E-state index contributed by atoms with van der Waals surface area (Å²) in [4.78, 5) is 0. The van der Waals surface area contributed by atoms with Crippen LogP contribution in [0.5, 0.6) is 0 Å². The highest BCUT2D eigenvalue weighted by Gasteiger charge is 2.20. The highest BCUT2D eigenvalue weighted by atomic mass is 79.9. The Labute approximate surface area is 198 Å². The lowest BCUT2D eigenvalue weighted by molar-refractivity contribution is 1.01. The van der Waals surface area contributed by atoms with E-state index in [4.69, 9.17) is 0 Å². The van der Waals surface area contributed by atoms with Crippen LogP contribution in [-0.4, -0.2) is 0 Å². The van der Waals surface area contributed by atoms with Gasteiger partial charge >= 0.3 is 0 Å². The van der Waals surface area contributed by atoms with Gasteiger partial charge in [-0.25, -0.2) is 0 Å². The minimum absolute atomic E-state index is 0.906. The summed E-state index contributed by atoms with van der Waals surface area (Å²) in [6.07, 6.45) is 0.996. The third-order valence-corrected chi connectivity index (χ3v) is 8.56. The lowest BCUT2D eigenvalue weighted by Gasteiger charge is -2.24. The van der Waals surface area contributed by atoms with E-state index in [1.54, 1.807) is 0 Å². The number of hydrogen-bond donors (Lipinski definition) is 0. The Balaban J connectivity index is 2.78. The molecule has 0 nitrogen and oxygen atoms in total. The molecule has 27 heavy (non-hydrogen) atoms. The van der Waals surface area contributed by atoms with Crippen molar-refractivity contribution >= 4 is 63.7 Å². The van der Waals surface area contributed by atoms with E-state index in [1.165, 1.54) is 66.8 Å². The van der Waals surface area contributed by atoms with E-state index in [2.05, 4.69) is 105 Å². The van der Waals surface area contributed by atoms with Gasteiger partial charge in [0.2, 0.25) is 0 Å². The number of hydrogen-bond acceptors (Lipinski definition) is 0. The molecule has 0 aromatic heterocycles. The van der Waals surface area contributed by atoms with E-state index in [1.807, 2.05) is 0 Å². The van der Waals surface area contributed by atoms with E-state index >= 15 is 0 Å². The zero-order valence-corrected chi connectivity index (χ0v) is 23.4. The monoisotopic (exact) mass is 620 g/mol. The van der Waals surface area contributed by atoms with Crippen molar-refractivity contribution in [3.05, 3.63) is 66.8 Å². The summed E-state index contributed by atoms with van der Waals surface area (Å²) in [5.41, 5.74) is 17.3. The molecule has 0 aliphatic carbocycles. The number of benzene rings is 2. The summed E-state index contributed by atoms with van der Waals surface area (Å²) in [6.45, 7) is 13.7. The van der Waals surface area contributed by atoms with Crippen LogP contribution in [0.2, 0.25) is 0 Å². The minimum Gasteiger partial charge on any atom is -0.0876 e. The van der Waals surface area contributed by atoms with Crippen molar-refractivity contribution in [2.24, 2.45) is 0 Å². The molecule has 0 N–H and O–H groups in total. The second-order valence-corrected chi connectivity index (χ2v) is 9.58. The van der Waals surface area contributed by atoms with Gasteiger partial charge in [-0.3, -0.25) is 0 Å². The van der Waals surface area contributed by atoms with Gasteiger partial charge in [0.1, 0.15) is 0 Å². The van der Waals surface area contributed by atoms with Crippen LogP contribution in [0.25, 0.3) is 0 Å². The fraction of sp³-hybridized carbons (Fsp3) is 0.478. The zero-order chi connectivity index (χ0) is 20.5. The second kappa shape index (κ2) is 9.91. The van der Waals surface area contributed by atoms with Crippen LogP contribution < -0.4 is 0 Å². The molecule has 0 radical (unpaired) electrons. The molecule has 0 spiro atoms. The normalized spacial score (nSPS) is 11.3. The molecule has 0 saturated heterocycles. The van der Waals surface area contributed by atoms with Gasteiger partial charge in [-0.15, -0.1) is 0 Å². The highest BCUT2D eigenvalue weighted by molar-refractivity contribution is 9.09. The standard InChI is InChI=1S/C23H28Br4/c1-12-18(13(2)21(9-25)16(5)20(12)8-24)7-19-14(3)22(10-26)17(6)23(11-27)15(19)4/h7-11H2,1-6H3. The molecule has 148 valence electrons. The van der Waals surface area contributed by atoms with E-state index in [9.17, 15) is 0 Å². The summed E-state index contributed by atoms with van der Waals surface area (Å²) in [6, 6.07) is 0. The largest absolute Gasteiger partial charge is 0.0876 e. The summed E-state index contributed by atoms with van der Waals surface area (Å²) in [7, 11) is 0. The van der Waals surface area contributed by atoms with E-state index in [-0.39, 0.29) is 0 Å². The molecular weight excluding hydrogens is 596 g/mol. The lowest BCUT2D eigenvalue weighted by atomic mass is 9.82. The van der Waals surface area contributed by atoms with Crippen LogP contribution >= 0.6 is 63.7 Å². The van der Waals surface area contributed by atoms with Crippen LogP contribution in [0.1, 0.15) is 66.8 Å². The maximum absolute atomic E-state index is 3.72. The molecule has 0 unspecified atom stereocenters. The first-order valence-corrected chi connectivity index (χ1v) is 13.7. The molecule has 0 fully saturated rings. The summed E-state index contributed by atoms with van der Waals surface area (Å²) >= 11 is 14.9. The second-order valence-electron chi connectivity index (χ2n) is 7.33.